The third-order valence-corrected chi connectivity index (χ3v) is 8.69. The number of hydrogen-bond donors (Lipinski definition) is 0. The molecule has 6 atom stereocenters. The fourth-order valence-corrected chi connectivity index (χ4v) is 7.03. The van der Waals surface area contributed by atoms with Crippen molar-refractivity contribution in [1.82, 2.24) is 9.78 Å². The van der Waals surface area contributed by atoms with Crippen LogP contribution in [0.4, 0.5) is 0 Å². The van der Waals surface area contributed by atoms with Gasteiger partial charge in [0.1, 0.15) is 0 Å². The highest BCUT2D eigenvalue weighted by atomic mass is 16.2. The van der Waals surface area contributed by atoms with E-state index in [9.17, 15) is 4.79 Å². The molecular formula is C31H34N2O. The van der Waals surface area contributed by atoms with Crippen molar-refractivity contribution in [2.24, 2.45) is 23.7 Å². The summed E-state index contributed by atoms with van der Waals surface area (Å²) in [7, 11) is 0. The summed E-state index contributed by atoms with van der Waals surface area (Å²) in [4.78, 5) is 14.5. The second-order valence-corrected chi connectivity index (χ2v) is 11.0. The summed E-state index contributed by atoms with van der Waals surface area (Å²) in [6.45, 7) is 6.89. The topological polar surface area (TPSA) is 34.9 Å². The van der Waals surface area contributed by atoms with Crippen molar-refractivity contribution in [3.05, 3.63) is 89.6 Å². The van der Waals surface area contributed by atoms with E-state index < -0.39 is 0 Å². The lowest BCUT2D eigenvalue weighted by atomic mass is 9.75. The minimum atomic E-state index is -0.0611. The van der Waals surface area contributed by atoms with Crippen LogP contribution in [0.25, 0.3) is 11.3 Å². The number of allylic oxidation sites excluding steroid dienone is 2. The van der Waals surface area contributed by atoms with Gasteiger partial charge in [-0.3, -0.25) is 4.79 Å². The van der Waals surface area contributed by atoms with Crippen molar-refractivity contribution in [2.75, 3.05) is 0 Å². The second kappa shape index (κ2) is 8.37. The molecule has 2 aromatic carbocycles. The highest BCUT2D eigenvalue weighted by Crippen LogP contribution is 2.54. The van der Waals surface area contributed by atoms with E-state index in [-0.39, 0.29) is 17.7 Å². The lowest BCUT2D eigenvalue weighted by Crippen LogP contribution is -2.31. The summed E-state index contributed by atoms with van der Waals surface area (Å²) in [5, 5.41) is 5.18. The Morgan fingerprint density at radius 2 is 1.62 bits per heavy atom. The summed E-state index contributed by atoms with van der Waals surface area (Å²) in [6, 6.07) is 21.1. The van der Waals surface area contributed by atoms with Crippen LogP contribution in [0, 0.1) is 23.7 Å². The third-order valence-electron chi connectivity index (χ3n) is 8.69. The Kier molecular flexibility index (Phi) is 5.32. The summed E-state index contributed by atoms with van der Waals surface area (Å²) in [5.74, 6) is 2.41. The predicted molar refractivity (Wildman–Crippen MR) is 137 cm³/mol. The van der Waals surface area contributed by atoms with E-state index in [4.69, 9.17) is 5.10 Å². The van der Waals surface area contributed by atoms with Crippen molar-refractivity contribution < 1.29 is 4.79 Å². The highest BCUT2D eigenvalue weighted by Gasteiger charge is 2.50. The first-order valence-electron chi connectivity index (χ1n) is 13.0. The maximum absolute atomic E-state index is 14.5. The Hall–Kier alpha value is -2.94. The molecule has 0 amide bonds. The number of aromatic nitrogens is 2. The molecule has 1 heterocycles. The number of carbonyl (C=O) groups is 1. The molecule has 0 radical (unpaired) electrons. The summed E-state index contributed by atoms with van der Waals surface area (Å²) < 4.78 is 1.84. The molecule has 6 rings (SSSR count). The van der Waals surface area contributed by atoms with Gasteiger partial charge in [-0.1, -0.05) is 93.6 Å². The van der Waals surface area contributed by atoms with Gasteiger partial charge in [0.25, 0.3) is 5.91 Å². The van der Waals surface area contributed by atoms with E-state index in [1.54, 1.807) is 0 Å². The molecule has 1 saturated carbocycles. The molecular weight excluding hydrogens is 416 g/mol. The van der Waals surface area contributed by atoms with Gasteiger partial charge in [-0.2, -0.15) is 9.78 Å². The molecule has 3 aliphatic carbocycles. The molecule has 1 fully saturated rings. The SMILES string of the molecule is CC(C)[C@@H]1CC[C@@H](C)c2c1nn(C(=O)[C@@H]1[C@@H](c3ccccc3)[C@@H]3C=C[C@H]1C3)c2-c1ccccc1. The van der Waals surface area contributed by atoms with Gasteiger partial charge >= 0.3 is 0 Å². The van der Waals surface area contributed by atoms with E-state index in [1.807, 2.05) is 10.7 Å². The molecule has 174 valence electrons. The predicted octanol–water partition coefficient (Wildman–Crippen LogP) is 7.43. The molecule has 3 aromatic rings. The minimum Gasteiger partial charge on any atom is -0.272 e. The van der Waals surface area contributed by atoms with Crippen LogP contribution in [0.1, 0.15) is 79.4 Å². The quantitative estimate of drug-likeness (QED) is 0.387. The van der Waals surface area contributed by atoms with Gasteiger partial charge in [-0.25, -0.2) is 0 Å². The summed E-state index contributed by atoms with van der Waals surface area (Å²) >= 11 is 0. The van der Waals surface area contributed by atoms with Crippen molar-refractivity contribution in [3.63, 3.8) is 0 Å². The standard InChI is InChI=1S/C31H34N2O/c1-19(2)25-17-14-20(3)26-29(25)32-33(30(26)22-12-8-5-9-13-22)31(34)28-24-16-15-23(18-24)27(28)21-10-6-4-7-11-21/h4-13,15-16,19-20,23-25,27-28H,14,17-18H2,1-3H3/t20-,23-,24+,25+,27+,28+/m1/s1. The minimum absolute atomic E-state index is 0.0611. The van der Waals surface area contributed by atoms with E-state index in [2.05, 4.69) is 87.5 Å². The van der Waals surface area contributed by atoms with E-state index in [0.717, 1.165) is 36.2 Å². The molecule has 34 heavy (non-hydrogen) atoms. The van der Waals surface area contributed by atoms with Gasteiger partial charge in [0.05, 0.1) is 17.3 Å². The Morgan fingerprint density at radius 1 is 0.941 bits per heavy atom. The number of benzene rings is 2. The Morgan fingerprint density at radius 3 is 2.32 bits per heavy atom. The first-order valence-corrected chi connectivity index (χ1v) is 13.0. The van der Waals surface area contributed by atoms with E-state index >= 15 is 0 Å². The van der Waals surface area contributed by atoms with E-state index in [0.29, 0.717) is 29.6 Å². The molecule has 2 bridgehead atoms. The van der Waals surface area contributed by atoms with Crippen LogP contribution in [0.2, 0.25) is 0 Å². The van der Waals surface area contributed by atoms with Gasteiger partial charge in [-0.15, -0.1) is 0 Å². The molecule has 0 saturated heterocycles. The normalized spacial score (nSPS) is 29.5. The average molecular weight is 451 g/mol. The lowest BCUT2D eigenvalue weighted by molar-refractivity contribution is 0.0782. The van der Waals surface area contributed by atoms with Crippen LogP contribution >= 0.6 is 0 Å². The highest BCUT2D eigenvalue weighted by molar-refractivity contribution is 5.88. The smallest absolute Gasteiger partial charge is 0.251 e. The molecule has 3 heteroatoms. The number of carbonyl (C=O) groups excluding carboxylic acids is 1. The summed E-state index contributed by atoms with van der Waals surface area (Å²) in [5.41, 5.74) is 5.90. The third kappa shape index (κ3) is 3.32. The van der Waals surface area contributed by atoms with Crippen molar-refractivity contribution in [2.45, 2.75) is 57.8 Å². The maximum Gasteiger partial charge on any atom is 0.251 e. The summed E-state index contributed by atoms with van der Waals surface area (Å²) in [6.07, 6.45) is 8.00. The van der Waals surface area contributed by atoms with Crippen LogP contribution in [-0.4, -0.2) is 15.7 Å². The number of nitrogens with zero attached hydrogens (tertiary/aromatic N) is 2. The van der Waals surface area contributed by atoms with Gasteiger partial charge < -0.3 is 0 Å². The molecule has 0 aliphatic heterocycles. The molecule has 1 aromatic heterocycles. The zero-order valence-corrected chi connectivity index (χ0v) is 20.4. The largest absolute Gasteiger partial charge is 0.272 e. The molecule has 0 unspecified atom stereocenters. The zero-order chi connectivity index (χ0) is 23.4. The fourth-order valence-electron chi connectivity index (χ4n) is 7.03. The number of hydrogen-bond acceptors (Lipinski definition) is 2. The first-order chi connectivity index (χ1) is 16.5. The zero-order valence-electron chi connectivity index (χ0n) is 20.4. The van der Waals surface area contributed by atoms with Crippen molar-refractivity contribution in [3.8, 4) is 11.3 Å². The fraction of sp³-hybridized carbons (Fsp3) is 0.419. The van der Waals surface area contributed by atoms with Crippen LogP contribution in [0.5, 0.6) is 0 Å². The van der Waals surface area contributed by atoms with Crippen molar-refractivity contribution in [1.29, 1.82) is 0 Å². The van der Waals surface area contributed by atoms with Crippen LogP contribution < -0.4 is 0 Å². The first kappa shape index (κ1) is 21.6. The van der Waals surface area contributed by atoms with Gasteiger partial charge in [0.15, 0.2) is 0 Å². The van der Waals surface area contributed by atoms with E-state index in [1.165, 1.54) is 11.1 Å². The van der Waals surface area contributed by atoms with Crippen LogP contribution in [0.3, 0.4) is 0 Å². The monoisotopic (exact) mass is 450 g/mol. The molecule has 3 nitrogen and oxygen atoms in total. The molecule has 3 aliphatic rings. The number of fused-ring (bicyclic) bond motifs is 3. The van der Waals surface area contributed by atoms with Crippen molar-refractivity contribution >= 4 is 5.91 Å². The van der Waals surface area contributed by atoms with Gasteiger partial charge in [0.2, 0.25) is 0 Å². The number of rotatable bonds is 4. The Labute approximate surface area is 202 Å². The molecule has 0 N–H and O–H groups in total. The van der Waals surface area contributed by atoms with Gasteiger partial charge in [-0.05, 0) is 48.5 Å². The lowest BCUT2D eigenvalue weighted by Gasteiger charge is -2.29. The van der Waals surface area contributed by atoms with Crippen LogP contribution in [0.15, 0.2) is 72.8 Å². The average Bonchev–Trinajstić information content (AvgIpc) is 3.58. The Bertz CT molecular complexity index is 1220. The Balaban J connectivity index is 1.51. The van der Waals surface area contributed by atoms with Gasteiger partial charge in [0, 0.05) is 23.0 Å². The van der Waals surface area contributed by atoms with Crippen LogP contribution in [-0.2, 0) is 0 Å². The maximum atomic E-state index is 14.5. The second-order valence-electron chi connectivity index (χ2n) is 11.0. The molecule has 0 spiro atoms.